The number of amides is 2. The van der Waals surface area contributed by atoms with Crippen LogP contribution in [0.25, 0.3) is 0 Å². The van der Waals surface area contributed by atoms with Gasteiger partial charge in [0.1, 0.15) is 5.82 Å². The fourth-order valence-corrected chi connectivity index (χ4v) is 1.70. The van der Waals surface area contributed by atoms with Crippen molar-refractivity contribution in [2.24, 2.45) is 5.92 Å². The van der Waals surface area contributed by atoms with Crippen molar-refractivity contribution >= 4 is 12.0 Å². The van der Waals surface area contributed by atoms with E-state index in [-0.39, 0.29) is 18.9 Å². The fourth-order valence-electron chi connectivity index (χ4n) is 1.70. The van der Waals surface area contributed by atoms with Crippen LogP contribution in [0.2, 0.25) is 0 Å². The predicted molar refractivity (Wildman–Crippen MR) is 72.9 cm³/mol. The van der Waals surface area contributed by atoms with Gasteiger partial charge in [0.15, 0.2) is 0 Å². The molecule has 0 aromatic heterocycles. The number of aliphatic carboxylic acids is 1. The summed E-state index contributed by atoms with van der Waals surface area (Å²) >= 11 is 0. The smallest absolute Gasteiger partial charge is 0.314 e. The molecule has 0 aliphatic rings. The van der Waals surface area contributed by atoms with Crippen LogP contribution in [0.4, 0.5) is 9.18 Å². The van der Waals surface area contributed by atoms with Crippen molar-refractivity contribution in [2.75, 3.05) is 13.1 Å². The summed E-state index contributed by atoms with van der Waals surface area (Å²) in [6, 6.07) is 5.93. The van der Waals surface area contributed by atoms with Gasteiger partial charge in [0, 0.05) is 13.1 Å². The Morgan fingerprint density at radius 3 is 2.60 bits per heavy atom. The summed E-state index contributed by atoms with van der Waals surface area (Å²) in [5.41, 5.74) is 0.532. The lowest BCUT2D eigenvalue weighted by atomic mass is 10.1. The summed E-state index contributed by atoms with van der Waals surface area (Å²) in [5.74, 6) is -1.82. The molecule has 3 N–H and O–H groups in total. The normalized spacial score (nSPS) is 11.7. The number of carboxylic acids is 1. The molecule has 1 unspecified atom stereocenters. The molecule has 0 aliphatic carbocycles. The third-order valence-electron chi connectivity index (χ3n) is 2.99. The summed E-state index contributed by atoms with van der Waals surface area (Å²) in [7, 11) is 0. The Kier molecular flexibility index (Phi) is 6.49. The average molecular weight is 282 g/mol. The minimum atomic E-state index is -0.931. The first-order valence-corrected chi connectivity index (χ1v) is 6.52. The molecule has 0 radical (unpaired) electrons. The van der Waals surface area contributed by atoms with Crippen molar-refractivity contribution in [2.45, 2.75) is 19.8 Å². The maximum atomic E-state index is 13.3. The van der Waals surface area contributed by atoms with Crippen LogP contribution in [-0.2, 0) is 11.2 Å². The molecular weight excluding hydrogens is 263 g/mol. The van der Waals surface area contributed by atoms with Gasteiger partial charge in [0.2, 0.25) is 0 Å². The van der Waals surface area contributed by atoms with Crippen LogP contribution in [0.15, 0.2) is 24.3 Å². The van der Waals surface area contributed by atoms with Gasteiger partial charge in [-0.3, -0.25) is 4.79 Å². The molecule has 1 aromatic carbocycles. The van der Waals surface area contributed by atoms with Gasteiger partial charge in [0.05, 0.1) is 5.92 Å². The van der Waals surface area contributed by atoms with E-state index < -0.39 is 17.9 Å². The number of carbonyl (C=O) groups is 2. The monoisotopic (exact) mass is 282 g/mol. The second kappa shape index (κ2) is 8.14. The Morgan fingerprint density at radius 2 is 2.00 bits per heavy atom. The average Bonchev–Trinajstić information content (AvgIpc) is 2.41. The maximum Gasteiger partial charge on any atom is 0.314 e. The molecule has 0 spiro atoms. The predicted octanol–water partition coefficient (Wildman–Crippen LogP) is 1.78. The first-order chi connectivity index (χ1) is 9.54. The lowest BCUT2D eigenvalue weighted by molar-refractivity contribution is -0.141. The first-order valence-electron chi connectivity index (χ1n) is 6.52. The molecule has 1 aromatic rings. The van der Waals surface area contributed by atoms with Gasteiger partial charge < -0.3 is 15.7 Å². The van der Waals surface area contributed by atoms with Crippen molar-refractivity contribution in [1.82, 2.24) is 10.6 Å². The van der Waals surface area contributed by atoms with E-state index in [1.54, 1.807) is 25.1 Å². The highest BCUT2D eigenvalue weighted by molar-refractivity contribution is 5.75. The molecule has 0 saturated heterocycles. The van der Waals surface area contributed by atoms with E-state index in [9.17, 15) is 14.0 Å². The van der Waals surface area contributed by atoms with Gasteiger partial charge in [-0.25, -0.2) is 9.18 Å². The number of carbonyl (C=O) groups excluding carboxylic acids is 1. The van der Waals surface area contributed by atoms with Crippen molar-refractivity contribution < 1.29 is 19.1 Å². The second-order valence-corrected chi connectivity index (χ2v) is 4.42. The van der Waals surface area contributed by atoms with E-state index in [0.29, 0.717) is 18.4 Å². The Morgan fingerprint density at radius 1 is 1.30 bits per heavy atom. The number of hydrogen-bond acceptors (Lipinski definition) is 2. The van der Waals surface area contributed by atoms with Crippen LogP contribution >= 0.6 is 0 Å². The van der Waals surface area contributed by atoms with Crippen LogP contribution in [0.1, 0.15) is 18.9 Å². The third-order valence-corrected chi connectivity index (χ3v) is 2.99. The van der Waals surface area contributed by atoms with E-state index in [1.165, 1.54) is 6.07 Å². The Balaban J connectivity index is 2.27. The minimum absolute atomic E-state index is 0.0807. The molecule has 6 heteroatoms. The SMILES string of the molecule is CCC(CNC(=O)NCCc1ccccc1F)C(=O)O. The Labute approximate surface area is 117 Å². The number of rotatable bonds is 7. The van der Waals surface area contributed by atoms with Crippen LogP contribution in [0, 0.1) is 11.7 Å². The Hall–Kier alpha value is -2.11. The largest absolute Gasteiger partial charge is 0.481 e. The highest BCUT2D eigenvalue weighted by Gasteiger charge is 2.15. The Bertz CT molecular complexity index is 465. The van der Waals surface area contributed by atoms with Gasteiger partial charge in [-0.1, -0.05) is 25.1 Å². The van der Waals surface area contributed by atoms with E-state index in [4.69, 9.17) is 5.11 Å². The summed E-state index contributed by atoms with van der Waals surface area (Å²) in [6.07, 6.45) is 0.834. The van der Waals surface area contributed by atoms with Gasteiger partial charge in [0.25, 0.3) is 0 Å². The van der Waals surface area contributed by atoms with E-state index >= 15 is 0 Å². The van der Waals surface area contributed by atoms with E-state index in [0.717, 1.165) is 0 Å². The minimum Gasteiger partial charge on any atom is -0.481 e. The lowest BCUT2D eigenvalue weighted by Crippen LogP contribution is -2.40. The van der Waals surface area contributed by atoms with Gasteiger partial charge in [-0.2, -0.15) is 0 Å². The molecule has 2 amide bonds. The number of carboxylic acid groups (broad SMARTS) is 1. The molecule has 5 nitrogen and oxygen atoms in total. The zero-order chi connectivity index (χ0) is 15.0. The standard InChI is InChI=1S/C14H19FN2O3/c1-2-10(13(18)19)9-17-14(20)16-8-7-11-5-3-4-6-12(11)15/h3-6,10H,2,7-9H2,1H3,(H,18,19)(H2,16,17,20). The number of halogens is 1. The highest BCUT2D eigenvalue weighted by atomic mass is 19.1. The molecular formula is C14H19FN2O3. The van der Waals surface area contributed by atoms with Crippen molar-refractivity contribution in [3.63, 3.8) is 0 Å². The quantitative estimate of drug-likeness (QED) is 0.713. The molecule has 0 saturated carbocycles. The summed E-state index contributed by atoms with van der Waals surface area (Å²) in [5, 5.41) is 13.9. The highest BCUT2D eigenvalue weighted by Crippen LogP contribution is 2.06. The van der Waals surface area contributed by atoms with Crippen LogP contribution in [-0.4, -0.2) is 30.2 Å². The van der Waals surface area contributed by atoms with Crippen LogP contribution in [0.3, 0.4) is 0 Å². The summed E-state index contributed by atoms with van der Waals surface area (Å²) in [4.78, 5) is 22.2. The summed E-state index contributed by atoms with van der Waals surface area (Å²) in [6.45, 7) is 2.12. The second-order valence-electron chi connectivity index (χ2n) is 4.42. The summed E-state index contributed by atoms with van der Waals surface area (Å²) < 4.78 is 13.3. The number of benzene rings is 1. The van der Waals surface area contributed by atoms with Crippen molar-refractivity contribution in [3.05, 3.63) is 35.6 Å². The molecule has 110 valence electrons. The zero-order valence-electron chi connectivity index (χ0n) is 11.4. The molecule has 1 rings (SSSR count). The molecule has 1 atom stereocenters. The van der Waals surface area contributed by atoms with E-state index in [2.05, 4.69) is 10.6 Å². The third kappa shape index (κ3) is 5.26. The maximum absolute atomic E-state index is 13.3. The van der Waals surface area contributed by atoms with Crippen molar-refractivity contribution in [3.8, 4) is 0 Å². The molecule has 0 bridgehead atoms. The van der Waals surface area contributed by atoms with Crippen LogP contribution < -0.4 is 10.6 Å². The fraction of sp³-hybridized carbons (Fsp3) is 0.429. The van der Waals surface area contributed by atoms with Gasteiger partial charge in [-0.15, -0.1) is 0 Å². The zero-order valence-corrected chi connectivity index (χ0v) is 11.4. The topological polar surface area (TPSA) is 78.4 Å². The molecule has 0 aliphatic heterocycles. The number of urea groups is 1. The van der Waals surface area contributed by atoms with Crippen molar-refractivity contribution in [1.29, 1.82) is 0 Å². The molecule has 0 heterocycles. The molecule has 0 fully saturated rings. The number of hydrogen-bond donors (Lipinski definition) is 3. The number of nitrogens with one attached hydrogen (secondary N) is 2. The van der Waals surface area contributed by atoms with E-state index in [1.807, 2.05) is 0 Å². The lowest BCUT2D eigenvalue weighted by Gasteiger charge is -2.12. The molecule has 20 heavy (non-hydrogen) atoms. The first kappa shape index (κ1) is 15.9. The van der Waals surface area contributed by atoms with Gasteiger partial charge in [-0.05, 0) is 24.5 Å². The van der Waals surface area contributed by atoms with Gasteiger partial charge >= 0.3 is 12.0 Å². The van der Waals surface area contributed by atoms with Crippen LogP contribution in [0.5, 0.6) is 0 Å².